The second-order valence-electron chi connectivity index (χ2n) is 7.40. The van der Waals surface area contributed by atoms with Gasteiger partial charge in [0.15, 0.2) is 10.8 Å². The van der Waals surface area contributed by atoms with Crippen molar-refractivity contribution in [1.29, 1.82) is 0 Å². The summed E-state index contributed by atoms with van der Waals surface area (Å²) >= 11 is 11.7. The molecule has 30 heavy (non-hydrogen) atoms. The maximum atomic E-state index is 13.5. The molecule has 0 saturated carbocycles. The zero-order valence-corrected chi connectivity index (χ0v) is 19.0. The molecular formula is C24H17BrClNO2S. The molecule has 3 nitrogen and oxygen atoms in total. The molecule has 3 aliphatic heterocycles. The van der Waals surface area contributed by atoms with E-state index in [1.807, 2.05) is 84.9 Å². The van der Waals surface area contributed by atoms with E-state index in [1.165, 1.54) is 11.8 Å². The monoisotopic (exact) mass is 497 g/mol. The van der Waals surface area contributed by atoms with Crippen LogP contribution in [0.1, 0.15) is 23.5 Å². The van der Waals surface area contributed by atoms with Crippen LogP contribution >= 0.6 is 39.3 Å². The van der Waals surface area contributed by atoms with Crippen LogP contribution in [0, 0.1) is 0 Å². The molecule has 1 fully saturated rings. The molecule has 3 aliphatic rings. The third kappa shape index (κ3) is 3.11. The smallest absolute Gasteiger partial charge is 0.346 e. The van der Waals surface area contributed by atoms with Crippen molar-refractivity contribution >= 4 is 50.4 Å². The van der Waals surface area contributed by atoms with E-state index in [2.05, 4.69) is 15.9 Å². The Bertz CT molecular complexity index is 1120. The summed E-state index contributed by atoms with van der Waals surface area (Å²) in [6.07, 6.45) is 0.534. The van der Waals surface area contributed by atoms with Gasteiger partial charge in [0.05, 0.1) is 0 Å². The van der Waals surface area contributed by atoms with Crippen LogP contribution in [-0.2, 0) is 15.1 Å². The van der Waals surface area contributed by atoms with Gasteiger partial charge in [0.2, 0.25) is 4.87 Å². The van der Waals surface area contributed by atoms with E-state index in [0.717, 1.165) is 20.5 Å². The molecule has 6 heteroatoms. The summed E-state index contributed by atoms with van der Waals surface area (Å²) in [6, 6.07) is 27.5. The number of ether oxygens (including phenoxy) is 1. The lowest BCUT2D eigenvalue weighted by Crippen LogP contribution is -2.60. The fraction of sp³-hybridized carbons (Fsp3) is 0.167. The number of carbonyl (C=O) groups is 1. The van der Waals surface area contributed by atoms with Gasteiger partial charge in [0.25, 0.3) is 0 Å². The van der Waals surface area contributed by atoms with Gasteiger partial charge in [0.1, 0.15) is 0 Å². The van der Waals surface area contributed by atoms with Crippen molar-refractivity contribution in [3.8, 4) is 0 Å². The van der Waals surface area contributed by atoms with Crippen LogP contribution in [0.15, 0.2) is 99.3 Å². The average molecular weight is 499 g/mol. The van der Waals surface area contributed by atoms with Gasteiger partial charge in [-0.1, -0.05) is 100.0 Å². The van der Waals surface area contributed by atoms with Gasteiger partial charge in [-0.05, 0) is 29.8 Å². The average Bonchev–Trinajstić information content (AvgIpc) is 2.77. The Labute approximate surface area is 192 Å². The van der Waals surface area contributed by atoms with Crippen LogP contribution < -0.4 is 0 Å². The van der Waals surface area contributed by atoms with Crippen molar-refractivity contribution in [3.63, 3.8) is 0 Å². The summed E-state index contributed by atoms with van der Waals surface area (Å²) in [7, 11) is 0. The van der Waals surface area contributed by atoms with E-state index in [-0.39, 0.29) is 11.9 Å². The van der Waals surface area contributed by atoms with Crippen molar-refractivity contribution < 1.29 is 9.53 Å². The summed E-state index contributed by atoms with van der Waals surface area (Å²) in [5, 5.41) is 0.324. The molecule has 3 atom stereocenters. The molecule has 0 N–H and O–H groups in total. The van der Waals surface area contributed by atoms with Gasteiger partial charge in [-0.25, -0.2) is 9.79 Å². The number of thioether (sulfide) groups is 1. The Morgan fingerprint density at radius 3 is 2.27 bits per heavy atom. The highest BCUT2D eigenvalue weighted by molar-refractivity contribution is 9.10. The largest absolute Gasteiger partial charge is 0.444 e. The number of halogens is 2. The Morgan fingerprint density at radius 1 is 0.967 bits per heavy atom. The van der Waals surface area contributed by atoms with Crippen molar-refractivity contribution in [1.82, 2.24) is 0 Å². The molecule has 3 aromatic rings. The number of nitrogens with zero attached hydrogens (tertiary/aromatic N) is 1. The Kier molecular flexibility index (Phi) is 5.00. The third-order valence-electron chi connectivity index (χ3n) is 5.65. The predicted molar refractivity (Wildman–Crippen MR) is 124 cm³/mol. The molecule has 0 radical (unpaired) electrons. The van der Waals surface area contributed by atoms with Crippen molar-refractivity contribution in [2.24, 2.45) is 4.99 Å². The van der Waals surface area contributed by atoms with Gasteiger partial charge in [-0.2, -0.15) is 0 Å². The van der Waals surface area contributed by atoms with Crippen LogP contribution in [0.4, 0.5) is 0 Å². The molecule has 3 heterocycles. The summed E-state index contributed by atoms with van der Waals surface area (Å²) in [5.41, 5.74) is 0.815. The van der Waals surface area contributed by atoms with E-state index in [4.69, 9.17) is 21.3 Å². The van der Waals surface area contributed by atoms with E-state index < -0.39 is 10.5 Å². The standard InChI is InChI=1S/C24H17BrClNO2S/c25-18-13-11-16(12-14-18)20-15-23(17-7-3-1-4-8-17)21(26)27-24(20,22(28)29-23)30-19-9-5-2-6-10-19/h1-14,20H,15H2/t20-,23-,24-/m1/s1. The second-order valence-corrected chi connectivity index (χ2v) is 9.98. The first-order valence-electron chi connectivity index (χ1n) is 9.58. The van der Waals surface area contributed by atoms with Crippen LogP contribution in [0.2, 0.25) is 0 Å². The number of benzene rings is 3. The molecule has 6 rings (SSSR count). The highest BCUT2D eigenvalue weighted by Crippen LogP contribution is 2.59. The van der Waals surface area contributed by atoms with Crippen molar-refractivity contribution in [2.75, 3.05) is 0 Å². The third-order valence-corrected chi connectivity index (χ3v) is 7.93. The summed E-state index contributed by atoms with van der Waals surface area (Å²) in [6.45, 7) is 0. The molecule has 0 amide bonds. The predicted octanol–water partition coefficient (Wildman–Crippen LogP) is 6.51. The van der Waals surface area contributed by atoms with E-state index in [1.54, 1.807) is 0 Å². The number of aliphatic imine (C=N–C) groups is 1. The van der Waals surface area contributed by atoms with Crippen molar-refractivity contribution in [3.05, 3.63) is 101 Å². The molecule has 0 unspecified atom stereocenters. The summed E-state index contributed by atoms with van der Waals surface area (Å²) in [5.74, 6) is -0.552. The van der Waals surface area contributed by atoms with Gasteiger partial charge < -0.3 is 4.74 Å². The molecule has 0 spiro atoms. The second kappa shape index (κ2) is 7.56. The van der Waals surface area contributed by atoms with Gasteiger partial charge in [0, 0.05) is 27.3 Å². The highest BCUT2D eigenvalue weighted by Gasteiger charge is 2.65. The summed E-state index contributed by atoms with van der Waals surface area (Å²) in [4.78, 5) is 18.2. The van der Waals surface area contributed by atoms with Crippen LogP contribution in [0.3, 0.4) is 0 Å². The first-order chi connectivity index (χ1) is 14.5. The maximum Gasteiger partial charge on any atom is 0.346 e. The summed E-state index contributed by atoms with van der Waals surface area (Å²) < 4.78 is 7.08. The zero-order chi connectivity index (χ0) is 20.8. The van der Waals surface area contributed by atoms with Crippen LogP contribution in [-0.4, -0.2) is 16.0 Å². The fourth-order valence-corrected chi connectivity index (χ4v) is 6.12. The number of hydrogen-bond acceptors (Lipinski definition) is 4. The van der Waals surface area contributed by atoms with E-state index in [0.29, 0.717) is 11.6 Å². The first kappa shape index (κ1) is 19.9. The van der Waals surface area contributed by atoms with Crippen LogP contribution in [0.25, 0.3) is 0 Å². The molecule has 0 aliphatic carbocycles. The van der Waals surface area contributed by atoms with Crippen LogP contribution in [0.5, 0.6) is 0 Å². The molecule has 1 saturated heterocycles. The Balaban J connectivity index is 1.69. The molecule has 3 aromatic carbocycles. The molecule has 0 aromatic heterocycles. The Hall–Kier alpha value is -2.08. The lowest BCUT2D eigenvalue weighted by Gasteiger charge is -2.52. The van der Waals surface area contributed by atoms with Gasteiger partial charge >= 0.3 is 5.97 Å². The lowest BCUT2D eigenvalue weighted by molar-refractivity contribution is -0.168. The normalized spacial score (nSPS) is 27.5. The molecule has 150 valence electrons. The maximum absolute atomic E-state index is 13.5. The molecule has 2 bridgehead atoms. The number of carbonyl (C=O) groups excluding carboxylic acids is 1. The first-order valence-corrected chi connectivity index (χ1v) is 11.6. The van der Waals surface area contributed by atoms with Gasteiger partial charge in [-0.3, -0.25) is 0 Å². The van der Waals surface area contributed by atoms with E-state index >= 15 is 0 Å². The SMILES string of the molecule is O=C1O[C@@]2(c3ccccc3)C[C@H](c3ccc(Br)cc3)[C@]1(Sc1ccccc1)N=C2Cl. The minimum atomic E-state index is -1.16. The number of fused-ring (bicyclic) bond motifs is 2. The minimum absolute atomic E-state index is 0.195. The topological polar surface area (TPSA) is 38.7 Å². The quantitative estimate of drug-likeness (QED) is 0.385. The lowest BCUT2D eigenvalue weighted by atomic mass is 9.73. The Morgan fingerprint density at radius 2 is 1.60 bits per heavy atom. The van der Waals surface area contributed by atoms with E-state index in [9.17, 15) is 4.79 Å². The minimum Gasteiger partial charge on any atom is -0.444 e. The number of esters is 1. The number of hydrogen-bond donors (Lipinski definition) is 0. The fourth-order valence-electron chi connectivity index (χ4n) is 4.17. The van der Waals surface area contributed by atoms with Crippen molar-refractivity contribution in [2.45, 2.75) is 27.7 Å². The molecular weight excluding hydrogens is 482 g/mol. The zero-order valence-electron chi connectivity index (χ0n) is 15.8. The number of rotatable bonds is 4. The highest BCUT2D eigenvalue weighted by atomic mass is 79.9. The van der Waals surface area contributed by atoms with Gasteiger partial charge in [-0.15, -0.1) is 0 Å².